The third-order valence-electron chi connectivity index (χ3n) is 4.01. The quantitative estimate of drug-likeness (QED) is 0.847. The lowest BCUT2D eigenvalue weighted by Crippen LogP contribution is -2.51. The number of carbonyl (C=O) groups excluding carboxylic acids is 2. The van der Waals surface area contributed by atoms with E-state index in [-0.39, 0.29) is 17.8 Å². The summed E-state index contributed by atoms with van der Waals surface area (Å²) in [5.74, 6) is -0.157. The fraction of sp³-hybridized carbons (Fsp3) is 0.529. The van der Waals surface area contributed by atoms with E-state index in [0.717, 1.165) is 19.3 Å². The zero-order chi connectivity index (χ0) is 16.7. The molecule has 3 amide bonds. The van der Waals surface area contributed by atoms with Crippen LogP contribution in [0.4, 0.5) is 14.9 Å². The summed E-state index contributed by atoms with van der Waals surface area (Å²) >= 11 is 0. The molecule has 1 saturated heterocycles. The molecular formula is C17H24FN3O2. The van der Waals surface area contributed by atoms with Crippen LogP contribution in [-0.4, -0.2) is 47.9 Å². The number of nitrogens with zero attached hydrogens (tertiary/aromatic N) is 2. The van der Waals surface area contributed by atoms with Gasteiger partial charge in [-0.15, -0.1) is 0 Å². The summed E-state index contributed by atoms with van der Waals surface area (Å²) in [6, 6.07) is 5.46. The minimum atomic E-state index is -0.335. The van der Waals surface area contributed by atoms with E-state index in [1.165, 1.54) is 24.3 Å². The van der Waals surface area contributed by atoms with Crippen molar-refractivity contribution in [2.24, 2.45) is 0 Å². The molecule has 0 unspecified atom stereocenters. The first-order valence-corrected chi connectivity index (χ1v) is 8.19. The van der Waals surface area contributed by atoms with Crippen LogP contribution in [0.5, 0.6) is 0 Å². The lowest BCUT2D eigenvalue weighted by Gasteiger charge is -2.34. The summed E-state index contributed by atoms with van der Waals surface area (Å²) in [6.07, 6.45) is 3.70. The van der Waals surface area contributed by atoms with Gasteiger partial charge in [0.15, 0.2) is 0 Å². The van der Waals surface area contributed by atoms with E-state index in [2.05, 4.69) is 12.2 Å². The van der Waals surface area contributed by atoms with Crippen molar-refractivity contribution in [2.45, 2.75) is 32.6 Å². The Morgan fingerprint density at radius 2 is 1.65 bits per heavy atom. The molecule has 5 nitrogen and oxygen atoms in total. The fourth-order valence-corrected chi connectivity index (χ4v) is 2.58. The SMILES string of the molecule is CCCCCC(=O)N1CCN(C(=O)Nc2ccc(F)cc2)CC1. The first-order valence-electron chi connectivity index (χ1n) is 8.19. The second-order valence-corrected chi connectivity index (χ2v) is 5.76. The van der Waals surface area contributed by atoms with Gasteiger partial charge >= 0.3 is 6.03 Å². The number of carbonyl (C=O) groups is 2. The smallest absolute Gasteiger partial charge is 0.321 e. The Bertz CT molecular complexity index is 525. The van der Waals surface area contributed by atoms with Crippen molar-refractivity contribution in [1.29, 1.82) is 0 Å². The Morgan fingerprint density at radius 1 is 1.04 bits per heavy atom. The van der Waals surface area contributed by atoms with E-state index in [1.54, 1.807) is 4.90 Å². The molecule has 1 heterocycles. The van der Waals surface area contributed by atoms with Gasteiger partial charge < -0.3 is 15.1 Å². The molecule has 1 N–H and O–H groups in total. The van der Waals surface area contributed by atoms with E-state index >= 15 is 0 Å². The van der Waals surface area contributed by atoms with Crippen molar-refractivity contribution in [3.8, 4) is 0 Å². The van der Waals surface area contributed by atoms with E-state index in [0.29, 0.717) is 38.3 Å². The molecule has 0 saturated carbocycles. The third kappa shape index (κ3) is 5.23. The van der Waals surface area contributed by atoms with Crippen LogP contribution in [-0.2, 0) is 4.79 Å². The third-order valence-corrected chi connectivity index (χ3v) is 4.01. The van der Waals surface area contributed by atoms with Gasteiger partial charge in [-0.05, 0) is 30.7 Å². The van der Waals surface area contributed by atoms with Crippen LogP contribution >= 0.6 is 0 Å². The van der Waals surface area contributed by atoms with Crippen molar-refractivity contribution < 1.29 is 14.0 Å². The lowest BCUT2D eigenvalue weighted by atomic mass is 10.2. The maximum Gasteiger partial charge on any atom is 0.321 e. The van der Waals surface area contributed by atoms with Crippen LogP contribution in [0.3, 0.4) is 0 Å². The Labute approximate surface area is 136 Å². The lowest BCUT2D eigenvalue weighted by molar-refractivity contribution is -0.132. The highest BCUT2D eigenvalue weighted by atomic mass is 19.1. The van der Waals surface area contributed by atoms with E-state index in [4.69, 9.17) is 0 Å². The van der Waals surface area contributed by atoms with Crippen LogP contribution in [0, 0.1) is 5.82 Å². The molecule has 1 aliphatic heterocycles. The summed E-state index contributed by atoms with van der Waals surface area (Å²) in [7, 11) is 0. The highest BCUT2D eigenvalue weighted by molar-refractivity contribution is 5.89. The number of rotatable bonds is 5. The minimum absolute atomic E-state index is 0.178. The number of hydrogen-bond donors (Lipinski definition) is 1. The number of unbranched alkanes of at least 4 members (excludes halogenated alkanes) is 2. The molecule has 6 heteroatoms. The highest BCUT2D eigenvalue weighted by Gasteiger charge is 2.23. The number of nitrogens with one attached hydrogen (secondary N) is 1. The van der Waals surface area contributed by atoms with Crippen LogP contribution < -0.4 is 5.32 Å². The average molecular weight is 321 g/mol. The normalized spacial score (nSPS) is 14.7. The summed E-state index contributed by atoms with van der Waals surface area (Å²) < 4.78 is 12.8. The van der Waals surface area contributed by atoms with Gasteiger partial charge in [-0.2, -0.15) is 0 Å². The van der Waals surface area contributed by atoms with Gasteiger partial charge in [0.25, 0.3) is 0 Å². The first kappa shape index (κ1) is 17.2. The van der Waals surface area contributed by atoms with Crippen LogP contribution in [0.2, 0.25) is 0 Å². The van der Waals surface area contributed by atoms with Gasteiger partial charge in [0.2, 0.25) is 5.91 Å². The first-order chi connectivity index (χ1) is 11.1. The van der Waals surface area contributed by atoms with Gasteiger partial charge in [0.1, 0.15) is 5.82 Å². The number of halogens is 1. The number of hydrogen-bond acceptors (Lipinski definition) is 2. The van der Waals surface area contributed by atoms with E-state index in [9.17, 15) is 14.0 Å². The largest absolute Gasteiger partial charge is 0.339 e. The molecule has 0 radical (unpaired) electrons. The topological polar surface area (TPSA) is 52.7 Å². The number of piperazine rings is 1. The van der Waals surface area contributed by atoms with Crippen LogP contribution in [0.1, 0.15) is 32.6 Å². The molecular weight excluding hydrogens is 297 g/mol. The zero-order valence-corrected chi connectivity index (χ0v) is 13.6. The molecule has 0 bridgehead atoms. The molecule has 0 atom stereocenters. The summed E-state index contributed by atoms with van der Waals surface area (Å²) in [4.78, 5) is 27.7. The molecule has 1 aromatic rings. The van der Waals surface area contributed by atoms with Crippen molar-refractivity contribution in [2.75, 3.05) is 31.5 Å². The summed E-state index contributed by atoms with van der Waals surface area (Å²) in [5, 5.41) is 2.74. The number of anilines is 1. The molecule has 1 fully saturated rings. The standard InChI is InChI=1S/C17H24FN3O2/c1-2-3-4-5-16(22)20-10-12-21(13-11-20)17(23)19-15-8-6-14(18)7-9-15/h6-9H,2-5,10-13H2,1H3,(H,19,23). The zero-order valence-electron chi connectivity index (χ0n) is 13.6. The Hall–Kier alpha value is -2.11. The molecule has 2 rings (SSSR count). The predicted molar refractivity (Wildman–Crippen MR) is 87.7 cm³/mol. The Morgan fingerprint density at radius 3 is 2.26 bits per heavy atom. The monoisotopic (exact) mass is 321 g/mol. The predicted octanol–water partition coefficient (Wildman–Crippen LogP) is 3.08. The van der Waals surface area contributed by atoms with Gasteiger partial charge in [0, 0.05) is 38.3 Å². The molecule has 0 aromatic heterocycles. The van der Waals surface area contributed by atoms with Crippen molar-refractivity contribution in [1.82, 2.24) is 9.80 Å². The molecule has 1 aliphatic rings. The van der Waals surface area contributed by atoms with Gasteiger partial charge in [-0.25, -0.2) is 9.18 Å². The van der Waals surface area contributed by atoms with Gasteiger partial charge in [0.05, 0.1) is 0 Å². The maximum atomic E-state index is 12.8. The minimum Gasteiger partial charge on any atom is -0.339 e. The van der Waals surface area contributed by atoms with Crippen molar-refractivity contribution in [3.05, 3.63) is 30.1 Å². The van der Waals surface area contributed by atoms with Gasteiger partial charge in [-0.3, -0.25) is 4.79 Å². The molecule has 23 heavy (non-hydrogen) atoms. The average Bonchev–Trinajstić information content (AvgIpc) is 2.57. The van der Waals surface area contributed by atoms with Crippen molar-refractivity contribution in [3.63, 3.8) is 0 Å². The second-order valence-electron chi connectivity index (χ2n) is 5.76. The van der Waals surface area contributed by atoms with E-state index in [1.807, 2.05) is 4.90 Å². The number of amides is 3. The summed E-state index contributed by atoms with van der Waals surface area (Å²) in [6.45, 7) is 4.30. The van der Waals surface area contributed by atoms with E-state index < -0.39 is 0 Å². The number of benzene rings is 1. The molecule has 126 valence electrons. The number of urea groups is 1. The summed E-state index contributed by atoms with van der Waals surface area (Å²) in [5.41, 5.74) is 0.564. The molecule has 1 aromatic carbocycles. The Balaban J connectivity index is 1.76. The maximum absolute atomic E-state index is 12.8. The molecule has 0 spiro atoms. The van der Waals surface area contributed by atoms with Crippen molar-refractivity contribution >= 4 is 17.6 Å². The Kier molecular flexibility index (Phi) is 6.38. The second kappa shape index (κ2) is 8.50. The van der Waals surface area contributed by atoms with Crippen LogP contribution in [0.25, 0.3) is 0 Å². The van der Waals surface area contributed by atoms with Gasteiger partial charge in [-0.1, -0.05) is 19.8 Å². The highest BCUT2D eigenvalue weighted by Crippen LogP contribution is 2.11. The molecule has 0 aliphatic carbocycles. The fourth-order valence-electron chi connectivity index (χ4n) is 2.58. The van der Waals surface area contributed by atoms with Crippen LogP contribution in [0.15, 0.2) is 24.3 Å².